The maximum Gasteiger partial charge on any atom is 0.0500 e. The summed E-state index contributed by atoms with van der Waals surface area (Å²) in [6.45, 7) is 4.51. The quantitative estimate of drug-likeness (QED) is 0.892. The van der Waals surface area contributed by atoms with Gasteiger partial charge in [0, 0.05) is 31.0 Å². The highest BCUT2D eigenvalue weighted by Gasteiger charge is 2.30. The largest absolute Gasteiger partial charge is 0.326 e. The van der Waals surface area contributed by atoms with Crippen molar-refractivity contribution in [3.63, 3.8) is 0 Å². The van der Waals surface area contributed by atoms with Crippen LogP contribution < -0.4 is 5.73 Å². The number of piperidine rings is 1. The van der Waals surface area contributed by atoms with Gasteiger partial charge < -0.3 is 10.6 Å². The number of likely N-dealkylation sites (N-methyl/N-ethyl adjacent to an activating group) is 2. The third-order valence-electron chi connectivity index (χ3n) is 4.54. The summed E-state index contributed by atoms with van der Waals surface area (Å²) in [5.74, 6) is 0. The molecule has 2 rings (SSSR count). The molecule has 0 amide bonds. The lowest BCUT2D eigenvalue weighted by molar-refractivity contribution is 0.0860. The lowest BCUT2D eigenvalue weighted by atomic mass is 9.94. The van der Waals surface area contributed by atoms with Crippen molar-refractivity contribution in [1.82, 2.24) is 14.8 Å². The van der Waals surface area contributed by atoms with Gasteiger partial charge in [-0.1, -0.05) is 6.92 Å². The third-order valence-corrected chi connectivity index (χ3v) is 4.54. The second kappa shape index (κ2) is 7.16. The van der Waals surface area contributed by atoms with Gasteiger partial charge in [0.15, 0.2) is 0 Å². The Morgan fingerprint density at radius 1 is 1.45 bits per heavy atom. The molecule has 1 aliphatic rings. The van der Waals surface area contributed by atoms with Crippen LogP contribution in [0.25, 0.3) is 0 Å². The summed E-state index contributed by atoms with van der Waals surface area (Å²) in [6.07, 6.45) is 7.26. The molecule has 4 nitrogen and oxygen atoms in total. The molecule has 1 aromatic rings. The maximum absolute atomic E-state index is 6.42. The highest BCUT2D eigenvalue weighted by atomic mass is 15.2. The number of likely N-dealkylation sites (tertiary alicyclic amines) is 1. The molecule has 0 aliphatic carbocycles. The zero-order chi connectivity index (χ0) is 14.5. The predicted octanol–water partition coefficient (Wildman–Crippen LogP) is 1.89. The first-order valence-corrected chi connectivity index (χ1v) is 7.69. The minimum atomic E-state index is 0.162. The Kier molecular flexibility index (Phi) is 5.52. The molecule has 1 fully saturated rings. The van der Waals surface area contributed by atoms with Crippen LogP contribution in [0.5, 0.6) is 0 Å². The summed E-state index contributed by atoms with van der Waals surface area (Å²) in [6, 6.07) is 5.23. The van der Waals surface area contributed by atoms with Crippen LogP contribution in [-0.2, 0) is 0 Å². The summed E-state index contributed by atoms with van der Waals surface area (Å²) in [5.41, 5.74) is 7.70. The Morgan fingerprint density at radius 3 is 2.75 bits per heavy atom. The van der Waals surface area contributed by atoms with Gasteiger partial charge in [0.1, 0.15) is 0 Å². The zero-order valence-corrected chi connectivity index (χ0v) is 13.0. The number of hydrogen-bond donors (Lipinski definition) is 1. The van der Waals surface area contributed by atoms with E-state index in [1.807, 2.05) is 12.4 Å². The minimum Gasteiger partial charge on any atom is -0.326 e. The first-order valence-electron chi connectivity index (χ1n) is 7.69. The van der Waals surface area contributed by atoms with Gasteiger partial charge in [-0.15, -0.1) is 0 Å². The van der Waals surface area contributed by atoms with E-state index < -0.39 is 0 Å². The second-order valence-electron chi connectivity index (χ2n) is 6.02. The zero-order valence-electron chi connectivity index (χ0n) is 13.0. The van der Waals surface area contributed by atoms with Crippen LogP contribution >= 0.6 is 0 Å². The molecule has 1 saturated heterocycles. The van der Waals surface area contributed by atoms with Crippen molar-refractivity contribution < 1.29 is 0 Å². The normalized spacial score (nSPS) is 23.8. The molecule has 3 atom stereocenters. The SMILES string of the molecule is CCC(N)C(c1ccncc1)N(C)C1CCCN(C)C1. The first kappa shape index (κ1) is 15.4. The van der Waals surface area contributed by atoms with E-state index in [9.17, 15) is 0 Å². The van der Waals surface area contributed by atoms with E-state index >= 15 is 0 Å². The van der Waals surface area contributed by atoms with Gasteiger partial charge in [-0.3, -0.25) is 9.88 Å². The first-order chi connectivity index (χ1) is 9.63. The molecule has 4 heteroatoms. The van der Waals surface area contributed by atoms with Crippen LogP contribution in [0, 0.1) is 0 Å². The van der Waals surface area contributed by atoms with Crippen molar-refractivity contribution >= 4 is 0 Å². The number of nitrogens with zero attached hydrogens (tertiary/aromatic N) is 3. The Morgan fingerprint density at radius 2 is 2.15 bits per heavy atom. The highest BCUT2D eigenvalue weighted by molar-refractivity contribution is 5.17. The summed E-state index contributed by atoms with van der Waals surface area (Å²) >= 11 is 0. The van der Waals surface area contributed by atoms with Crippen molar-refractivity contribution in [1.29, 1.82) is 0 Å². The van der Waals surface area contributed by atoms with Gasteiger partial charge in [0.05, 0.1) is 6.04 Å². The van der Waals surface area contributed by atoms with Crippen LogP contribution in [0.3, 0.4) is 0 Å². The predicted molar refractivity (Wildman–Crippen MR) is 83.5 cm³/mol. The Bertz CT molecular complexity index is 395. The number of hydrogen-bond acceptors (Lipinski definition) is 4. The van der Waals surface area contributed by atoms with Crippen LogP contribution in [0.1, 0.15) is 37.8 Å². The van der Waals surface area contributed by atoms with Crippen molar-refractivity contribution in [2.75, 3.05) is 27.2 Å². The highest BCUT2D eigenvalue weighted by Crippen LogP contribution is 2.28. The molecule has 0 bridgehead atoms. The van der Waals surface area contributed by atoms with E-state index in [0.717, 1.165) is 13.0 Å². The fourth-order valence-corrected chi connectivity index (χ4v) is 3.27. The maximum atomic E-state index is 6.42. The molecule has 2 N–H and O–H groups in total. The van der Waals surface area contributed by atoms with Crippen molar-refractivity contribution in [2.24, 2.45) is 5.73 Å². The number of nitrogens with two attached hydrogens (primary N) is 1. The minimum absolute atomic E-state index is 0.162. The fraction of sp³-hybridized carbons (Fsp3) is 0.688. The van der Waals surface area contributed by atoms with Crippen molar-refractivity contribution in [3.05, 3.63) is 30.1 Å². The monoisotopic (exact) mass is 276 g/mol. The molecule has 2 heterocycles. The molecule has 3 unspecified atom stereocenters. The van der Waals surface area contributed by atoms with Crippen molar-refractivity contribution in [3.8, 4) is 0 Å². The lowest BCUT2D eigenvalue weighted by Crippen LogP contribution is -2.50. The third kappa shape index (κ3) is 3.57. The van der Waals surface area contributed by atoms with E-state index in [1.165, 1.54) is 24.9 Å². The van der Waals surface area contributed by atoms with Gasteiger partial charge in [0.25, 0.3) is 0 Å². The van der Waals surface area contributed by atoms with Gasteiger partial charge in [0.2, 0.25) is 0 Å². The molecule has 0 radical (unpaired) electrons. The molecule has 0 saturated carbocycles. The molecule has 20 heavy (non-hydrogen) atoms. The van der Waals surface area contributed by atoms with Gasteiger partial charge in [-0.2, -0.15) is 0 Å². The van der Waals surface area contributed by atoms with Crippen LogP contribution in [-0.4, -0.2) is 54.1 Å². The lowest BCUT2D eigenvalue weighted by Gasteiger charge is -2.42. The van der Waals surface area contributed by atoms with Gasteiger partial charge in [-0.25, -0.2) is 0 Å². The van der Waals surface area contributed by atoms with E-state index in [4.69, 9.17) is 5.73 Å². The molecular weight excluding hydrogens is 248 g/mol. The topological polar surface area (TPSA) is 45.4 Å². The Hall–Kier alpha value is -0.970. The van der Waals surface area contributed by atoms with E-state index in [1.54, 1.807) is 0 Å². The van der Waals surface area contributed by atoms with Crippen molar-refractivity contribution in [2.45, 2.75) is 44.3 Å². The summed E-state index contributed by atoms with van der Waals surface area (Å²) in [7, 11) is 4.44. The van der Waals surface area contributed by atoms with Gasteiger partial charge >= 0.3 is 0 Å². The summed E-state index contributed by atoms with van der Waals surface area (Å²) < 4.78 is 0. The number of pyridine rings is 1. The fourth-order valence-electron chi connectivity index (χ4n) is 3.27. The van der Waals surface area contributed by atoms with E-state index in [0.29, 0.717) is 6.04 Å². The second-order valence-corrected chi connectivity index (χ2v) is 6.02. The van der Waals surface area contributed by atoms with Crippen LogP contribution in [0.15, 0.2) is 24.5 Å². The Labute approximate surface area is 123 Å². The smallest absolute Gasteiger partial charge is 0.0500 e. The molecular formula is C16H28N4. The molecule has 0 aromatic carbocycles. The molecule has 0 spiro atoms. The number of rotatable bonds is 5. The van der Waals surface area contributed by atoms with Crippen LogP contribution in [0.4, 0.5) is 0 Å². The van der Waals surface area contributed by atoms with Crippen LogP contribution in [0.2, 0.25) is 0 Å². The average molecular weight is 276 g/mol. The molecule has 1 aliphatic heterocycles. The molecule has 1 aromatic heterocycles. The van der Waals surface area contributed by atoms with E-state index in [-0.39, 0.29) is 12.1 Å². The summed E-state index contributed by atoms with van der Waals surface area (Å²) in [5, 5.41) is 0. The molecule has 112 valence electrons. The van der Waals surface area contributed by atoms with E-state index in [2.05, 4.69) is 47.9 Å². The number of aromatic nitrogens is 1. The Balaban J connectivity index is 2.18. The summed E-state index contributed by atoms with van der Waals surface area (Å²) in [4.78, 5) is 9.04. The standard InChI is InChI=1S/C16H28N4/c1-4-15(17)16(13-7-9-18-10-8-13)20(3)14-6-5-11-19(2)12-14/h7-10,14-16H,4-6,11-12,17H2,1-3H3. The van der Waals surface area contributed by atoms with Gasteiger partial charge in [-0.05, 0) is 57.6 Å². The average Bonchev–Trinajstić information content (AvgIpc) is 2.48.